The monoisotopic (exact) mass is 789 g/mol. The normalized spacial score (nSPS) is 11.5. The van der Waals surface area contributed by atoms with Gasteiger partial charge in [0.2, 0.25) is 0 Å². The Balaban J connectivity index is 1.03. The summed E-state index contributed by atoms with van der Waals surface area (Å²) in [5.41, 5.74) is 14.4. The first-order valence-corrected chi connectivity index (χ1v) is 21.3. The maximum absolute atomic E-state index is 6.92. The predicted molar refractivity (Wildman–Crippen MR) is 263 cm³/mol. The molecular formula is C60H39NO. The van der Waals surface area contributed by atoms with Gasteiger partial charge in [-0.25, -0.2) is 0 Å². The van der Waals surface area contributed by atoms with Crippen LogP contribution in [0, 0.1) is 0 Å². The largest absolute Gasteiger partial charge is 0.455 e. The molecule has 2 nitrogen and oxygen atoms in total. The van der Waals surface area contributed by atoms with E-state index in [1.807, 2.05) is 0 Å². The molecule has 0 spiro atoms. The van der Waals surface area contributed by atoms with Crippen molar-refractivity contribution in [3.8, 4) is 44.5 Å². The Morgan fingerprint density at radius 2 is 0.726 bits per heavy atom. The van der Waals surface area contributed by atoms with Crippen LogP contribution in [-0.4, -0.2) is 0 Å². The molecule has 0 aliphatic carbocycles. The summed E-state index contributed by atoms with van der Waals surface area (Å²) in [6, 6.07) is 85.3. The summed E-state index contributed by atoms with van der Waals surface area (Å²) in [6.45, 7) is 0. The van der Waals surface area contributed by atoms with Crippen molar-refractivity contribution in [2.75, 3.05) is 4.90 Å². The van der Waals surface area contributed by atoms with Crippen molar-refractivity contribution in [1.29, 1.82) is 0 Å². The highest BCUT2D eigenvalue weighted by atomic mass is 16.3. The summed E-state index contributed by atoms with van der Waals surface area (Å²) in [5, 5.41) is 9.49. The maximum atomic E-state index is 6.92. The first-order valence-electron chi connectivity index (χ1n) is 21.3. The van der Waals surface area contributed by atoms with Gasteiger partial charge < -0.3 is 9.32 Å². The smallest absolute Gasteiger partial charge is 0.143 e. The number of furan rings is 1. The van der Waals surface area contributed by atoms with Gasteiger partial charge in [0.05, 0.1) is 5.69 Å². The summed E-state index contributed by atoms with van der Waals surface area (Å²) in [7, 11) is 0. The lowest BCUT2D eigenvalue weighted by atomic mass is 9.91. The number of rotatable bonds is 7. The second-order valence-electron chi connectivity index (χ2n) is 16.0. The minimum Gasteiger partial charge on any atom is -0.455 e. The van der Waals surface area contributed by atoms with Gasteiger partial charge in [0.25, 0.3) is 0 Å². The summed E-state index contributed by atoms with van der Waals surface area (Å²) >= 11 is 0. The Labute approximate surface area is 360 Å². The van der Waals surface area contributed by atoms with Crippen molar-refractivity contribution in [3.05, 3.63) is 237 Å². The van der Waals surface area contributed by atoms with E-state index in [1.54, 1.807) is 0 Å². The van der Waals surface area contributed by atoms with E-state index in [0.717, 1.165) is 55.5 Å². The van der Waals surface area contributed by atoms with Gasteiger partial charge >= 0.3 is 0 Å². The third-order valence-electron chi connectivity index (χ3n) is 12.5. The Morgan fingerprint density at radius 3 is 1.45 bits per heavy atom. The molecule has 12 rings (SSSR count). The molecular weight excluding hydrogens is 751 g/mol. The van der Waals surface area contributed by atoms with E-state index in [1.165, 1.54) is 60.3 Å². The minimum absolute atomic E-state index is 0.887. The zero-order chi connectivity index (χ0) is 41.0. The number of benzene rings is 11. The van der Waals surface area contributed by atoms with Crippen molar-refractivity contribution in [2.45, 2.75) is 0 Å². The average molecular weight is 790 g/mol. The van der Waals surface area contributed by atoms with Crippen molar-refractivity contribution < 1.29 is 4.42 Å². The SMILES string of the molecule is c1ccc(-c2cccc3cccc(-c4ccc(N(c5ccc(-c6cccc7ccccc67)cc5)c5ccccc5-c5cccc6c5oc5c7ccccc7ccc65)cc4)c23)cc1. The number of nitrogens with zero attached hydrogens (tertiary/aromatic N) is 1. The molecule has 0 fully saturated rings. The van der Waals surface area contributed by atoms with Crippen LogP contribution in [0.5, 0.6) is 0 Å². The summed E-state index contributed by atoms with van der Waals surface area (Å²) in [5.74, 6) is 0. The third-order valence-corrected chi connectivity index (χ3v) is 12.5. The molecule has 2 heteroatoms. The molecule has 1 heterocycles. The van der Waals surface area contributed by atoms with Crippen molar-refractivity contribution >= 4 is 71.3 Å². The fraction of sp³-hybridized carbons (Fsp3) is 0. The molecule has 0 atom stereocenters. The van der Waals surface area contributed by atoms with Gasteiger partial charge in [-0.2, -0.15) is 0 Å². The van der Waals surface area contributed by atoms with Crippen molar-refractivity contribution in [1.82, 2.24) is 0 Å². The molecule has 62 heavy (non-hydrogen) atoms. The van der Waals surface area contributed by atoms with E-state index in [9.17, 15) is 0 Å². The standard InChI is InChI=1S/C60H39NO/c1-2-14-41(15-3-1)50-25-11-19-45-20-12-26-51(58(45)50)44-32-37-47(38-33-44)61(46-35-30-43(31-36-46)49-24-10-18-40-16-4-6-21-48(40)49)57-29-9-8-23-53(57)54-27-13-28-55-56-39-34-42-17-5-7-22-52(42)59(56)62-60(54)55/h1-39H. The van der Waals surface area contributed by atoms with E-state index in [4.69, 9.17) is 4.42 Å². The number of anilines is 3. The number of para-hydroxylation sites is 2. The van der Waals surface area contributed by atoms with Crippen molar-refractivity contribution in [2.24, 2.45) is 0 Å². The molecule has 0 aliphatic heterocycles. The Hall–Kier alpha value is -8.20. The maximum Gasteiger partial charge on any atom is 0.143 e. The quantitative estimate of drug-likeness (QED) is 0.160. The highest BCUT2D eigenvalue weighted by molar-refractivity contribution is 6.18. The van der Waals surface area contributed by atoms with Gasteiger partial charge in [0, 0.05) is 38.7 Å². The highest BCUT2D eigenvalue weighted by Crippen LogP contribution is 2.46. The van der Waals surface area contributed by atoms with Gasteiger partial charge in [0.1, 0.15) is 11.2 Å². The molecule has 1 aromatic heterocycles. The lowest BCUT2D eigenvalue weighted by molar-refractivity contribution is 0.674. The van der Waals surface area contributed by atoms with Crippen LogP contribution >= 0.6 is 0 Å². The summed E-state index contributed by atoms with van der Waals surface area (Å²) in [4.78, 5) is 2.39. The fourth-order valence-electron chi connectivity index (χ4n) is 9.56. The van der Waals surface area contributed by atoms with Gasteiger partial charge in [-0.3, -0.25) is 0 Å². The van der Waals surface area contributed by atoms with Gasteiger partial charge in [-0.1, -0.05) is 200 Å². The molecule has 0 unspecified atom stereocenters. The van der Waals surface area contributed by atoms with E-state index in [-0.39, 0.29) is 0 Å². The van der Waals surface area contributed by atoms with Crippen LogP contribution in [0.2, 0.25) is 0 Å². The molecule has 11 aromatic carbocycles. The molecule has 0 bridgehead atoms. The third kappa shape index (κ3) is 5.96. The predicted octanol–water partition coefficient (Wildman–Crippen LogP) is 17.2. The zero-order valence-corrected chi connectivity index (χ0v) is 33.9. The Morgan fingerprint density at radius 1 is 0.258 bits per heavy atom. The first-order chi connectivity index (χ1) is 30.8. The fourth-order valence-corrected chi connectivity index (χ4v) is 9.56. The topological polar surface area (TPSA) is 16.4 Å². The zero-order valence-electron chi connectivity index (χ0n) is 33.9. The van der Waals surface area contributed by atoms with E-state index < -0.39 is 0 Å². The van der Waals surface area contributed by atoms with E-state index in [2.05, 4.69) is 241 Å². The van der Waals surface area contributed by atoms with Crippen LogP contribution in [0.3, 0.4) is 0 Å². The molecule has 0 amide bonds. The van der Waals surface area contributed by atoms with Crippen molar-refractivity contribution in [3.63, 3.8) is 0 Å². The van der Waals surface area contributed by atoms with Crippen LogP contribution in [0.25, 0.3) is 98.8 Å². The van der Waals surface area contributed by atoms with E-state index in [0.29, 0.717) is 0 Å². The summed E-state index contributed by atoms with van der Waals surface area (Å²) in [6.07, 6.45) is 0. The van der Waals surface area contributed by atoms with Crippen LogP contribution in [-0.2, 0) is 0 Å². The lowest BCUT2D eigenvalue weighted by Gasteiger charge is -2.28. The molecule has 0 saturated carbocycles. The van der Waals surface area contributed by atoms with Crippen LogP contribution in [0.4, 0.5) is 17.1 Å². The molecule has 0 N–H and O–H groups in total. The lowest BCUT2D eigenvalue weighted by Crippen LogP contribution is -2.11. The van der Waals surface area contributed by atoms with Gasteiger partial charge in [0.15, 0.2) is 0 Å². The first kappa shape index (κ1) is 35.7. The van der Waals surface area contributed by atoms with E-state index >= 15 is 0 Å². The Bertz CT molecular complexity index is 3610. The van der Waals surface area contributed by atoms with Crippen LogP contribution in [0.1, 0.15) is 0 Å². The minimum atomic E-state index is 0.887. The molecule has 0 aliphatic rings. The van der Waals surface area contributed by atoms with Gasteiger partial charge in [-0.05, 0) is 96.7 Å². The number of hydrogen-bond acceptors (Lipinski definition) is 2. The highest BCUT2D eigenvalue weighted by Gasteiger charge is 2.22. The Kier molecular flexibility index (Phi) is 8.53. The molecule has 0 saturated heterocycles. The second kappa shape index (κ2) is 14.8. The molecule has 0 radical (unpaired) electrons. The average Bonchev–Trinajstić information content (AvgIpc) is 3.74. The van der Waals surface area contributed by atoms with Crippen LogP contribution in [0.15, 0.2) is 241 Å². The number of fused-ring (bicyclic) bond motifs is 7. The van der Waals surface area contributed by atoms with Gasteiger partial charge in [-0.15, -0.1) is 0 Å². The number of hydrogen-bond donors (Lipinski definition) is 0. The molecule has 12 aromatic rings. The van der Waals surface area contributed by atoms with Crippen LogP contribution < -0.4 is 4.90 Å². The summed E-state index contributed by atoms with van der Waals surface area (Å²) < 4.78 is 6.92. The second-order valence-corrected chi connectivity index (χ2v) is 16.0. The molecule has 290 valence electrons.